The normalized spacial score (nSPS) is 19.3. The molecule has 1 atom stereocenters. The lowest BCUT2D eigenvalue weighted by atomic mass is 10.1. The molecule has 0 radical (unpaired) electrons. The highest BCUT2D eigenvalue weighted by molar-refractivity contribution is 8.02. The smallest absolute Gasteiger partial charge is 0.182 e. The molecular weight excluding hydrogens is 234 g/mol. The molecular formula is C13H15NO2S. The Morgan fingerprint density at radius 1 is 1.35 bits per heavy atom. The summed E-state index contributed by atoms with van der Waals surface area (Å²) in [6.45, 7) is 2.08. The van der Waals surface area contributed by atoms with Crippen LogP contribution in [0.1, 0.15) is 11.1 Å². The molecule has 1 aliphatic rings. The second-order valence-corrected chi connectivity index (χ2v) is 4.95. The van der Waals surface area contributed by atoms with Crippen molar-refractivity contribution < 1.29 is 10.2 Å². The molecule has 0 fully saturated rings. The molecule has 1 aromatic carbocycles. The Morgan fingerprint density at radius 2 is 2.12 bits per heavy atom. The third-order valence-corrected chi connectivity index (χ3v) is 3.63. The zero-order valence-corrected chi connectivity index (χ0v) is 10.4. The molecule has 0 bridgehead atoms. The molecule has 0 aromatic heterocycles. The van der Waals surface area contributed by atoms with Gasteiger partial charge in [0.2, 0.25) is 0 Å². The molecule has 2 rings (SSSR count). The van der Waals surface area contributed by atoms with E-state index in [0.29, 0.717) is 0 Å². The number of aryl methyl sites for hydroxylation is 1. The Balaban J connectivity index is 1.98. The summed E-state index contributed by atoms with van der Waals surface area (Å²) in [5.74, 6) is 0.805. The number of allylic oxidation sites excluding steroid dienone is 1. The first kappa shape index (κ1) is 12.1. The van der Waals surface area contributed by atoms with E-state index in [9.17, 15) is 10.2 Å². The molecule has 1 heterocycles. The third-order valence-electron chi connectivity index (χ3n) is 2.61. The van der Waals surface area contributed by atoms with Crippen LogP contribution < -0.4 is 5.32 Å². The van der Waals surface area contributed by atoms with Crippen molar-refractivity contribution in [1.29, 1.82) is 0 Å². The molecule has 3 N–H and O–H groups in total. The van der Waals surface area contributed by atoms with Crippen LogP contribution in [0.15, 0.2) is 47.2 Å². The summed E-state index contributed by atoms with van der Waals surface area (Å²) in [5, 5.41) is 21.3. The Bertz CT molecular complexity index is 468. The first-order valence-electron chi connectivity index (χ1n) is 5.39. The molecule has 0 aliphatic carbocycles. The molecule has 0 saturated heterocycles. The number of aliphatic hydroxyl groups is 2. The number of aliphatic hydroxyl groups excluding tert-OH is 2. The van der Waals surface area contributed by atoms with Crippen LogP contribution in [0, 0.1) is 6.92 Å². The van der Waals surface area contributed by atoms with Crippen molar-refractivity contribution in [3.05, 3.63) is 58.3 Å². The summed E-state index contributed by atoms with van der Waals surface area (Å²) < 4.78 is 0. The van der Waals surface area contributed by atoms with Crippen molar-refractivity contribution >= 4 is 11.8 Å². The highest BCUT2D eigenvalue weighted by Crippen LogP contribution is 2.26. The van der Waals surface area contributed by atoms with E-state index < -0.39 is 6.23 Å². The van der Waals surface area contributed by atoms with Gasteiger partial charge in [0.05, 0.1) is 0 Å². The summed E-state index contributed by atoms with van der Waals surface area (Å²) >= 11 is 1.62. The van der Waals surface area contributed by atoms with Gasteiger partial charge in [-0.3, -0.25) is 0 Å². The molecule has 4 heteroatoms. The second kappa shape index (κ2) is 5.29. The maximum absolute atomic E-state index is 9.39. The lowest BCUT2D eigenvalue weighted by Gasteiger charge is -2.16. The predicted molar refractivity (Wildman–Crippen MR) is 70.4 cm³/mol. The van der Waals surface area contributed by atoms with Crippen molar-refractivity contribution in [3.63, 3.8) is 0 Å². The Hall–Kier alpha value is -1.39. The fourth-order valence-electron chi connectivity index (χ4n) is 1.53. The number of benzene rings is 1. The molecule has 90 valence electrons. The summed E-state index contributed by atoms with van der Waals surface area (Å²) in [6, 6.07) is 8.22. The molecule has 0 saturated carbocycles. The SMILES string of the molecule is Cc1ccccc1CSC1=CNC(O)C(O)=C1. The molecule has 1 unspecified atom stereocenters. The van der Waals surface area contributed by atoms with Gasteiger partial charge in [-0.25, -0.2) is 0 Å². The number of hydrogen-bond acceptors (Lipinski definition) is 4. The molecule has 1 aliphatic heterocycles. The molecule has 17 heavy (non-hydrogen) atoms. The summed E-state index contributed by atoms with van der Waals surface area (Å²) in [5.41, 5.74) is 2.54. The van der Waals surface area contributed by atoms with Gasteiger partial charge in [-0.2, -0.15) is 0 Å². The fraction of sp³-hybridized carbons (Fsp3) is 0.231. The quantitative estimate of drug-likeness (QED) is 0.770. The standard InChI is InChI=1S/C13H15NO2S/c1-9-4-2-3-5-10(9)8-17-11-6-12(15)13(16)14-7-11/h2-7,13-16H,8H2,1H3. The summed E-state index contributed by atoms with van der Waals surface area (Å²) in [6.07, 6.45) is 2.33. The van der Waals surface area contributed by atoms with Crippen LogP contribution in [-0.4, -0.2) is 16.4 Å². The Kier molecular flexibility index (Phi) is 3.76. The average Bonchev–Trinajstić information content (AvgIpc) is 2.32. The first-order valence-corrected chi connectivity index (χ1v) is 6.37. The zero-order valence-electron chi connectivity index (χ0n) is 9.55. The second-order valence-electron chi connectivity index (χ2n) is 3.90. The van der Waals surface area contributed by atoms with Crippen molar-refractivity contribution in [2.24, 2.45) is 0 Å². The third kappa shape index (κ3) is 3.05. The largest absolute Gasteiger partial charge is 0.507 e. The number of rotatable bonds is 3. The van der Waals surface area contributed by atoms with Crippen LogP contribution in [-0.2, 0) is 5.75 Å². The van der Waals surface area contributed by atoms with Crippen LogP contribution in [0.25, 0.3) is 0 Å². The van der Waals surface area contributed by atoms with Gasteiger partial charge in [0.25, 0.3) is 0 Å². The zero-order chi connectivity index (χ0) is 12.3. The minimum Gasteiger partial charge on any atom is -0.507 e. The van der Waals surface area contributed by atoms with Crippen LogP contribution in [0.4, 0.5) is 0 Å². The number of thioether (sulfide) groups is 1. The maximum atomic E-state index is 9.39. The Morgan fingerprint density at radius 3 is 2.82 bits per heavy atom. The van der Waals surface area contributed by atoms with Gasteiger partial charge in [-0.05, 0) is 24.1 Å². The van der Waals surface area contributed by atoms with Crippen molar-refractivity contribution in [3.8, 4) is 0 Å². The van der Waals surface area contributed by atoms with Crippen molar-refractivity contribution in [1.82, 2.24) is 5.32 Å². The van der Waals surface area contributed by atoms with E-state index in [1.54, 1.807) is 24.0 Å². The van der Waals surface area contributed by atoms with Crippen molar-refractivity contribution in [2.45, 2.75) is 18.9 Å². The van der Waals surface area contributed by atoms with E-state index in [0.717, 1.165) is 10.7 Å². The van der Waals surface area contributed by atoms with E-state index in [1.807, 2.05) is 12.1 Å². The van der Waals surface area contributed by atoms with E-state index in [2.05, 4.69) is 24.4 Å². The van der Waals surface area contributed by atoms with E-state index in [4.69, 9.17) is 0 Å². The van der Waals surface area contributed by atoms with Crippen molar-refractivity contribution in [2.75, 3.05) is 0 Å². The molecule has 1 aromatic rings. The van der Waals surface area contributed by atoms with Crippen LogP contribution >= 0.6 is 11.8 Å². The lowest BCUT2D eigenvalue weighted by Crippen LogP contribution is -2.28. The number of hydrogen-bond donors (Lipinski definition) is 3. The minimum absolute atomic E-state index is 0.0419. The molecule has 0 spiro atoms. The maximum Gasteiger partial charge on any atom is 0.182 e. The lowest BCUT2D eigenvalue weighted by molar-refractivity contribution is 0.133. The monoisotopic (exact) mass is 249 g/mol. The highest BCUT2D eigenvalue weighted by atomic mass is 32.2. The highest BCUT2D eigenvalue weighted by Gasteiger charge is 2.13. The topological polar surface area (TPSA) is 52.5 Å². The number of nitrogens with one attached hydrogen (secondary N) is 1. The van der Waals surface area contributed by atoms with E-state index >= 15 is 0 Å². The first-order chi connectivity index (χ1) is 8.16. The summed E-state index contributed by atoms with van der Waals surface area (Å²) in [4.78, 5) is 0.913. The van der Waals surface area contributed by atoms with Gasteiger partial charge in [0.15, 0.2) is 6.23 Å². The van der Waals surface area contributed by atoms with E-state index in [1.165, 1.54) is 11.1 Å². The minimum atomic E-state index is -0.974. The fourth-order valence-corrected chi connectivity index (χ4v) is 2.53. The Labute approximate surface area is 105 Å². The molecule has 0 amide bonds. The average molecular weight is 249 g/mol. The van der Waals surface area contributed by atoms with Gasteiger partial charge in [0, 0.05) is 16.9 Å². The predicted octanol–water partition coefficient (Wildman–Crippen LogP) is 2.43. The van der Waals surface area contributed by atoms with Gasteiger partial charge >= 0.3 is 0 Å². The van der Waals surface area contributed by atoms with E-state index in [-0.39, 0.29) is 5.76 Å². The number of dihydropyridines is 1. The van der Waals surface area contributed by atoms with Gasteiger partial charge in [-0.1, -0.05) is 24.3 Å². The van der Waals surface area contributed by atoms with Crippen LogP contribution in [0.5, 0.6) is 0 Å². The van der Waals surface area contributed by atoms with Gasteiger partial charge in [-0.15, -0.1) is 11.8 Å². The van der Waals surface area contributed by atoms with Gasteiger partial charge < -0.3 is 15.5 Å². The van der Waals surface area contributed by atoms with Crippen LogP contribution in [0.3, 0.4) is 0 Å². The molecule has 3 nitrogen and oxygen atoms in total. The van der Waals surface area contributed by atoms with Crippen LogP contribution in [0.2, 0.25) is 0 Å². The summed E-state index contributed by atoms with van der Waals surface area (Å²) in [7, 11) is 0. The van der Waals surface area contributed by atoms with Gasteiger partial charge in [0.1, 0.15) is 5.76 Å².